The van der Waals surface area contributed by atoms with Crippen LogP contribution in [-0.4, -0.2) is 33.5 Å². The van der Waals surface area contributed by atoms with Crippen LogP contribution in [0.1, 0.15) is 26.2 Å². The summed E-state index contributed by atoms with van der Waals surface area (Å²) in [5.41, 5.74) is 0.316. The van der Waals surface area contributed by atoms with Gasteiger partial charge in [0.15, 0.2) is 0 Å². The van der Waals surface area contributed by atoms with Gasteiger partial charge in [-0.3, -0.25) is 0 Å². The predicted octanol–water partition coefficient (Wildman–Crippen LogP) is 0.811. The number of rotatable bonds is 6. The van der Waals surface area contributed by atoms with Gasteiger partial charge in [0.25, 0.3) is 0 Å². The SMILES string of the molecule is CCS(=O)(=O)CCC1(CNC)CC1. The maximum Gasteiger partial charge on any atom is 0.150 e. The van der Waals surface area contributed by atoms with Gasteiger partial charge in [-0.1, -0.05) is 6.92 Å². The highest BCUT2D eigenvalue weighted by Crippen LogP contribution is 2.48. The minimum absolute atomic E-state index is 0.280. The van der Waals surface area contributed by atoms with Crippen molar-refractivity contribution < 1.29 is 8.42 Å². The molecular weight excluding hydrogens is 186 g/mol. The zero-order valence-electron chi connectivity index (χ0n) is 8.47. The monoisotopic (exact) mass is 205 g/mol. The molecule has 0 aromatic heterocycles. The molecule has 78 valence electrons. The summed E-state index contributed by atoms with van der Waals surface area (Å²) in [6, 6.07) is 0. The van der Waals surface area contributed by atoms with E-state index in [0.29, 0.717) is 11.2 Å². The van der Waals surface area contributed by atoms with Crippen molar-refractivity contribution in [1.29, 1.82) is 0 Å². The third-order valence-electron chi connectivity index (χ3n) is 2.89. The van der Waals surface area contributed by atoms with Gasteiger partial charge in [0.1, 0.15) is 9.84 Å². The molecule has 0 saturated heterocycles. The third-order valence-corrected chi connectivity index (χ3v) is 4.60. The smallest absolute Gasteiger partial charge is 0.150 e. The van der Waals surface area contributed by atoms with E-state index in [1.165, 1.54) is 12.8 Å². The molecule has 0 amide bonds. The largest absolute Gasteiger partial charge is 0.319 e. The second-order valence-corrected chi connectivity index (χ2v) is 6.49. The maximum atomic E-state index is 11.3. The van der Waals surface area contributed by atoms with Crippen molar-refractivity contribution in [2.75, 3.05) is 25.1 Å². The third kappa shape index (κ3) is 3.27. The van der Waals surface area contributed by atoms with Crippen LogP contribution in [0.2, 0.25) is 0 Å². The van der Waals surface area contributed by atoms with E-state index in [1.54, 1.807) is 6.92 Å². The van der Waals surface area contributed by atoms with Crippen LogP contribution in [-0.2, 0) is 9.84 Å². The first-order valence-corrected chi connectivity index (χ1v) is 6.71. The minimum Gasteiger partial charge on any atom is -0.319 e. The van der Waals surface area contributed by atoms with E-state index in [0.717, 1.165) is 13.0 Å². The van der Waals surface area contributed by atoms with Crippen molar-refractivity contribution in [3.05, 3.63) is 0 Å². The molecule has 3 nitrogen and oxygen atoms in total. The van der Waals surface area contributed by atoms with Crippen LogP contribution in [0, 0.1) is 5.41 Å². The highest BCUT2D eigenvalue weighted by atomic mass is 32.2. The Morgan fingerprint density at radius 3 is 2.38 bits per heavy atom. The molecule has 0 heterocycles. The Labute approximate surface area is 80.8 Å². The van der Waals surface area contributed by atoms with Crippen LogP contribution in [0.4, 0.5) is 0 Å². The summed E-state index contributed by atoms with van der Waals surface area (Å²) in [5, 5.41) is 3.13. The zero-order valence-corrected chi connectivity index (χ0v) is 9.28. The molecule has 0 aromatic carbocycles. The molecule has 1 N–H and O–H groups in total. The Bertz CT molecular complexity index is 255. The summed E-state index contributed by atoms with van der Waals surface area (Å²) >= 11 is 0. The molecule has 0 aliphatic heterocycles. The first-order chi connectivity index (χ1) is 6.04. The summed E-state index contributed by atoms with van der Waals surface area (Å²) in [5.74, 6) is 0.647. The lowest BCUT2D eigenvalue weighted by molar-refractivity contribution is 0.462. The van der Waals surface area contributed by atoms with E-state index in [1.807, 2.05) is 7.05 Å². The van der Waals surface area contributed by atoms with E-state index < -0.39 is 9.84 Å². The molecule has 4 heteroatoms. The first-order valence-electron chi connectivity index (χ1n) is 4.89. The normalized spacial score (nSPS) is 20.2. The molecule has 0 atom stereocenters. The van der Waals surface area contributed by atoms with E-state index >= 15 is 0 Å². The minimum atomic E-state index is -2.76. The Balaban J connectivity index is 2.34. The second kappa shape index (κ2) is 3.96. The van der Waals surface area contributed by atoms with Crippen molar-refractivity contribution in [2.24, 2.45) is 5.41 Å². The fourth-order valence-corrected chi connectivity index (χ4v) is 2.62. The molecular formula is C9H19NO2S. The van der Waals surface area contributed by atoms with E-state index in [-0.39, 0.29) is 5.75 Å². The molecule has 1 fully saturated rings. The topological polar surface area (TPSA) is 46.2 Å². The standard InChI is InChI=1S/C9H19NO2S/c1-3-13(11,12)7-6-9(4-5-9)8-10-2/h10H,3-8H2,1-2H3. The van der Waals surface area contributed by atoms with Crippen molar-refractivity contribution in [2.45, 2.75) is 26.2 Å². The summed E-state index contributed by atoms with van der Waals surface area (Å²) in [4.78, 5) is 0. The molecule has 1 aliphatic carbocycles. The van der Waals surface area contributed by atoms with Crippen molar-refractivity contribution >= 4 is 9.84 Å². The number of sulfone groups is 1. The average molecular weight is 205 g/mol. The number of hydrogen-bond donors (Lipinski definition) is 1. The first kappa shape index (κ1) is 11.0. The molecule has 0 spiro atoms. The lowest BCUT2D eigenvalue weighted by Crippen LogP contribution is -2.23. The van der Waals surface area contributed by atoms with Crippen molar-refractivity contribution in [1.82, 2.24) is 5.32 Å². The summed E-state index contributed by atoms with van der Waals surface area (Å²) in [6.07, 6.45) is 3.21. The van der Waals surface area contributed by atoms with Crippen LogP contribution >= 0.6 is 0 Å². The van der Waals surface area contributed by atoms with Gasteiger partial charge in [0, 0.05) is 12.3 Å². The van der Waals surface area contributed by atoms with E-state index in [2.05, 4.69) is 5.32 Å². The molecule has 0 aromatic rings. The Morgan fingerprint density at radius 1 is 1.38 bits per heavy atom. The Morgan fingerprint density at radius 2 is 2.00 bits per heavy atom. The van der Waals surface area contributed by atoms with Gasteiger partial charge in [0.05, 0.1) is 5.75 Å². The second-order valence-electron chi connectivity index (χ2n) is 4.02. The molecule has 1 aliphatic rings. The molecule has 1 saturated carbocycles. The predicted molar refractivity (Wildman–Crippen MR) is 54.5 cm³/mol. The highest BCUT2D eigenvalue weighted by molar-refractivity contribution is 7.91. The maximum absolute atomic E-state index is 11.3. The molecule has 0 radical (unpaired) electrons. The van der Waals surface area contributed by atoms with E-state index in [4.69, 9.17) is 0 Å². The van der Waals surface area contributed by atoms with Crippen LogP contribution in [0.15, 0.2) is 0 Å². The van der Waals surface area contributed by atoms with Crippen LogP contribution in [0.5, 0.6) is 0 Å². The lowest BCUT2D eigenvalue weighted by atomic mass is 10.0. The van der Waals surface area contributed by atoms with Gasteiger partial charge >= 0.3 is 0 Å². The van der Waals surface area contributed by atoms with Gasteiger partial charge in [-0.25, -0.2) is 8.42 Å². The summed E-state index contributed by atoms with van der Waals surface area (Å²) < 4.78 is 22.5. The highest BCUT2D eigenvalue weighted by Gasteiger charge is 2.41. The van der Waals surface area contributed by atoms with Gasteiger partial charge in [-0.05, 0) is 31.7 Å². The van der Waals surface area contributed by atoms with Crippen molar-refractivity contribution in [3.63, 3.8) is 0 Å². The van der Waals surface area contributed by atoms with Gasteiger partial charge in [-0.2, -0.15) is 0 Å². The summed E-state index contributed by atoms with van der Waals surface area (Å²) in [7, 11) is -0.834. The zero-order chi connectivity index (χ0) is 9.95. The number of hydrogen-bond acceptors (Lipinski definition) is 3. The van der Waals surface area contributed by atoms with Crippen molar-refractivity contribution in [3.8, 4) is 0 Å². The van der Waals surface area contributed by atoms with Crippen LogP contribution in [0.25, 0.3) is 0 Å². The molecule has 0 bridgehead atoms. The molecule has 0 unspecified atom stereocenters. The fourth-order valence-electron chi connectivity index (χ4n) is 1.58. The van der Waals surface area contributed by atoms with Crippen LogP contribution < -0.4 is 5.32 Å². The average Bonchev–Trinajstić information content (AvgIpc) is 2.84. The summed E-state index contributed by atoms with van der Waals surface area (Å²) in [6.45, 7) is 2.68. The molecule has 13 heavy (non-hydrogen) atoms. The Hall–Kier alpha value is -0.0900. The molecule has 1 rings (SSSR count). The van der Waals surface area contributed by atoms with Gasteiger partial charge < -0.3 is 5.32 Å². The van der Waals surface area contributed by atoms with Crippen LogP contribution in [0.3, 0.4) is 0 Å². The van der Waals surface area contributed by atoms with Gasteiger partial charge in [-0.15, -0.1) is 0 Å². The quantitative estimate of drug-likeness (QED) is 0.698. The fraction of sp³-hybridized carbons (Fsp3) is 1.00. The van der Waals surface area contributed by atoms with E-state index in [9.17, 15) is 8.42 Å². The van der Waals surface area contributed by atoms with Gasteiger partial charge in [0.2, 0.25) is 0 Å². The lowest BCUT2D eigenvalue weighted by Gasteiger charge is -2.13. The number of nitrogens with one attached hydrogen (secondary N) is 1. The Kier molecular flexibility index (Phi) is 3.35.